The van der Waals surface area contributed by atoms with E-state index in [0.29, 0.717) is 12.0 Å². The number of carbonyl (C=O) groups is 1. The van der Waals surface area contributed by atoms with Gasteiger partial charge in [-0.25, -0.2) is 0 Å². The van der Waals surface area contributed by atoms with E-state index in [2.05, 4.69) is 16.3 Å². The molecule has 4 rings (SSSR count). The van der Waals surface area contributed by atoms with Crippen molar-refractivity contribution < 1.29 is 4.79 Å². The van der Waals surface area contributed by atoms with Gasteiger partial charge < -0.3 is 5.32 Å². The second-order valence-corrected chi connectivity index (χ2v) is 8.83. The van der Waals surface area contributed by atoms with Gasteiger partial charge in [-0.3, -0.25) is 9.69 Å². The number of halogens is 2. The zero-order chi connectivity index (χ0) is 16.0. The van der Waals surface area contributed by atoms with Gasteiger partial charge in [-0.1, -0.05) is 18.9 Å². The minimum absolute atomic E-state index is 0.0773. The maximum Gasteiger partial charge on any atom is 0.226 e. The van der Waals surface area contributed by atoms with Crippen molar-refractivity contribution in [1.82, 2.24) is 10.2 Å². The average molecular weight is 357 g/mol. The van der Waals surface area contributed by atoms with Crippen LogP contribution in [0, 0.1) is 11.8 Å². The highest BCUT2D eigenvalue weighted by Gasteiger charge is 2.46. The van der Waals surface area contributed by atoms with E-state index in [1.54, 1.807) is 0 Å². The Hall–Kier alpha value is -0.250. The molecule has 0 radical (unpaired) electrons. The van der Waals surface area contributed by atoms with Gasteiger partial charge >= 0.3 is 0 Å². The summed E-state index contributed by atoms with van der Waals surface area (Å²) in [6.45, 7) is 1.09. The lowest BCUT2D eigenvalue weighted by molar-refractivity contribution is -0.135. The molecule has 128 valence electrons. The third kappa shape index (κ3) is 3.05. The van der Waals surface area contributed by atoms with Gasteiger partial charge in [0.1, 0.15) is 6.17 Å². The van der Waals surface area contributed by atoms with Crippen molar-refractivity contribution in [2.45, 2.75) is 74.3 Å². The summed E-state index contributed by atoms with van der Waals surface area (Å²) in [6.07, 6.45) is 11.4. The number of amides is 1. The molecule has 2 heterocycles. The molecule has 0 aromatic heterocycles. The topological polar surface area (TPSA) is 32.3 Å². The maximum atomic E-state index is 12.5. The molecule has 2 saturated heterocycles. The minimum Gasteiger partial charge on any atom is -0.336 e. The van der Waals surface area contributed by atoms with Gasteiger partial charge in [-0.05, 0) is 50.0 Å². The first kappa shape index (κ1) is 16.2. The summed E-state index contributed by atoms with van der Waals surface area (Å²) in [5, 5.41) is 3.49. The Bertz CT molecular complexity index is 509. The Balaban J connectivity index is 1.49. The van der Waals surface area contributed by atoms with E-state index in [0.717, 1.165) is 38.6 Å². The molecule has 3 nitrogen and oxygen atoms in total. The van der Waals surface area contributed by atoms with Crippen LogP contribution >= 0.6 is 23.2 Å². The molecule has 0 aromatic rings. The number of nitrogens with zero attached hydrogens (tertiary/aromatic N) is 1. The van der Waals surface area contributed by atoms with Gasteiger partial charge in [0, 0.05) is 18.0 Å². The van der Waals surface area contributed by atoms with Crippen molar-refractivity contribution in [1.29, 1.82) is 0 Å². The van der Waals surface area contributed by atoms with E-state index in [-0.39, 0.29) is 28.7 Å². The Morgan fingerprint density at radius 2 is 1.91 bits per heavy atom. The first-order valence-corrected chi connectivity index (χ1v) is 10.1. The standard InChI is InChI=1S/C18H26Cl2N2O/c19-14-6-5-11(10-15(14)20)9-12-7-8-22-16-4-2-1-3-13(16)18(23)21-17(12)22/h9,11,13-17H,1-8,10H2,(H,21,23)/b12-9+. The molecule has 6 unspecified atom stereocenters. The number of rotatable bonds is 1. The fourth-order valence-corrected chi connectivity index (χ4v) is 5.65. The third-order valence-electron chi connectivity index (χ3n) is 6.30. The Morgan fingerprint density at radius 3 is 2.74 bits per heavy atom. The van der Waals surface area contributed by atoms with Crippen LogP contribution in [0.4, 0.5) is 0 Å². The fraction of sp³-hybridized carbons (Fsp3) is 0.833. The predicted molar refractivity (Wildman–Crippen MR) is 93.7 cm³/mol. The van der Waals surface area contributed by atoms with E-state index >= 15 is 0 Å². The van der Waals surface area contributed by atoms with Crippen LogP contribution in [0.1, 0.15) is 51.4 Å². The van der Waals surface area contributed by atoms with Crippen LogP contribution in [0.2, 0.25) is 0 Å². The molecule has 0 spiro atoms. The van der Waals surface area contributed by atoms with Gasteiger partial charge in [0.25, 0.3) is 0 Å². The zero-order valence-corrected chi connectivity index (χ0v) is 15.0. The molecule has 4 aliphatic rings. The highest BCUT2D eigenvalue weighted by molar-refractivity contribution is 6.30. The second-order valence-electron chi connectivity index (χ2n) is 7.70. The zero-order valence-electron chi connectivity index (χ0n) is 13.5. The lowest BCUT2D eigenvalue weighted by atomic mass is 9.81. The average Bonchev–Trinajstić information content (AvgIpc) is 2.94. The van der Waals surface area contributed by atoms with Crippen molar-refractivity contribution in [2.75, 3.05) is 6.54 Å². The van der Waals surface area contributed by atoms with Crippen molar-refractivity contribution in [3.63, 3.8) is 0 Å². The number of hydrogen-bond acceptors (Lipinski definition) is 2. The molecular weight excluding hydrogens is 331 g/mol. The number of allylic oxidation sites excluding steroid dienone is 1. The summed E-state index contributed by atoms with van der Waals surface area (Å²) in [4.78, 5) is 15.1. The SMILES string of the molecule is O=C1NC2/C(=C/C3CCC(Cl)C(Cl)C3)CCN2C2CCCCC12. The summed E-state index contributed by atoms with van der Waals surface area (Å²) >= 11 is 12.6. The van der Waals surface area contributed by atoms with E-state index in [9.17, 15) is 4.79 Å². The molecule has 2 saturated carbocycles. The van der Waals surface area contributed by atoms with E-state index < -0.39 is 0 Å². The maximum absolute atomic E-state index is 12.5. The number of hydrogen-bond donors (Lipinski definition) is 1. The molecule has 6 atom stereocenters. The summed E-state index contributed by atoms with van der Waals surface area (Å²) < 4.78 is 0. The van der Waals surface area contributed by atoms with E-state index in [1.165, 1.54) is 24.8 Å². The quantitative estimate of drug-likeness (QED) is 0.574. The Kier molecular flexibility index (Phi) is 4.64. The Morgan fingerprint density at radius 1 is 1.09 bits per heavy atom. The van der Waals surface area contributed by atoms with Gasteiger partial charge in [-0.2, -0.15) is 0 Å². The second kappa shape index (κ2) is 6.57. The van der Waals surface area contributed by atoms with Gasteiger partial charge in [0.15, 0.2) is 0 Å². The highest BCUT2D eigenvalue weighted by atomic mass is 35.5. The summed E-state index contributed by atoms with van der Waals surface area (Å²) in [6, 6.07) is 0.466. The molecule has 2 aliphatic heterocycles. The van der Waals surface area contributed by atoms with Gasteiger partial charge in [-0.15, -0.1) is 23.2 Å². The molecule has 0 aromatic carbocycles. The predicted octanol–water partition coefficient (Wildman–Crippen LogP) is 3.65. The molecule has 1 N–H and O–H groups in total. The number of carbonyl (C=O) groups excluding carboxylic acids is 1. The lowest BCUT2D eigenvalue weighted by Crippen LogP contribution is -2.61. The van der Waals surface area contributed by atoms with E-state index in [4.69, 9.17) is 23.2 Å². The monoisotopic (exact) mass is 356 g/mol. The molecular formula is C18H26Cl2N2O. The normalized spacial score (nSPS) is 46.3. The summed E-state index contributed by atoms with van der Waals surface area (Å²) in [5.41, 5.74) is 1.41. The highest BCUT2D eigenvalue weighted by Crippen LogP contribution is 2.39. The van der Waals surface area contributed by atoms with Crippen molar-refractivity contribution >= 4 is 29.1 Å². The van der Waals surface area contributed by atoms with Gasteiger partial charge in [0.2, 0.25) is 5.91 Å². The van der Waals surface area contributed by atoms with Crippen molar-refractivity contribution in [2.24, 2.45) is 11.8 Å². The first-order chi connectivity index (χ1) is 11.1. The molecule has 23 heavy (non-hydrogen) atoms. The Labute approximate surface area is 148 Å². The van der Waals surface area contributed by atoms with Crippen LogP contribution in [0.25, 0.3) is 0 Å². The minimum atomic E-state index is 0.0773. The first-order valence-electron chi connectivity index (χ1n) is 9.18. The molecule has 5 heteroatoms. The summed E-state index contributed by atoms with van der Waals surface area (Å²) in [7, 11) is 0. The molecule has 4 fully saturated rings. The van der Waals surface area contributed by atoms with E-state index in [1.807, 2.05) is 0 Å². The fourth-order valence-electron chi connectivity index (χ4n) is 5.06. The number of fused-ring (bicyclic) bond motifs is 3. The van der Waals surface area contributed by atoms with Crippen LogP contribution < -0.4 is 5.32 Å². The number of nitrogens with one attached hydrogen (secondary N) is 1. The van der Waals surface area contributed by atoms with Crippen LogP contribution in [0.5, 0.6) is 0 Å². The molecule has 1 amide bonds. The lowest BCUT2D eigenvalue weighted by Gasteiger charge is -2.45. The smallest absolute Gasteiger partial charge is 0.226 e. The number of alkyl halides is 2. The van der Waals surface area contributed by atoms with Crippen LogP contribution in [0.15, 0.2) is 11.6 Å². The molecule has 2 aliphatic carbocycles. The van der Waals surface area contributed by atoms with Crippen molar-refractivity contribution in [3.05, 3.63) is 11.6 Å². The third-order valence-corrected chi connectivity index (χ3v) is 7.43. The van der Waals surface area contributed by atoms with Crippen LogP contribution in [-0.2, 0) is 4.79 Å². The van der Waals surface area contributed by atoms with Crippen LogP contribution in [-0.4, -0.2) is 40.3 Å². The molecule has 0 bridgehead atoms. The summed E-state index contributed by atoms with van der Waals surface area (Å²) in [5.74, 6) is 1.02. The largest absolute Gasteiger partial charge is 0.336 e. The van der Waals surface area contributed by atoms with Crippen molar-refractivity contribution in [3.8, 4) is 0 Å². The van der Waals surface area contributed by atoms with Crippen LogP contribution in [0.3, 0.4) is 0 Å². The van der Waals surface area contributed by atoms with Gasteiger partial charge in [0.05, 0.1) is 11.3 Å².